The van der Waals surface area contributed by atoms with E-state index in [1.54, 1.807) is 23.2 Å². The van der Waals surface area contributed by atoms with Crippen molar-refractivity contribution in [3.63, 3.8) is 0 Å². The van der Waals surface area contributed by atoms with E-state index in [4.69, 9.17) is 0 Å². The summed E-state index contributed by atoms with van der Waals surface area (Å²) in [4.78, 5) is 31.9. The van der Waals surface area contributed by atoms with Crippen LogP contribution in [0.25, 0.3) is 0 Å². The Labute approximate surface area is 175 Å². The van der Waals surface area contributed by atoms with E-state index < -0.39 is 0 Å². The number of nitrogens with one attached hydrogen (secondary N) is 1. The largest absolute Gasteiger partial charge is 0.343 e. The molecule has 148 valence electrons. The fraction of sp³-hybridized carbons (Fsp3) is 0.174. The summed E-state index contributed by atoms with van der Waals surface area (Å²) in [5, 5.41) is 3.62. The SMILES string of the molecule is CCN(Cc1ccccc1)C(=O)CNC(=O)c1ccc(Sc2ccccn2)cc1. The maximum absolute atomic E-state index is 12.5. The molecule has 0 unspecified atom stereocenters. The molecule has 0 spiro atoms. The molecule has 0 saturated carbocycles. The molecule has 0 bridgehead atoms. The van der Waals surface area contributed by atoms with Crippen molar-refractivity contribution in [3.05, 3.63) is 90.1 Å². The van der Waals surface area contributed by atoms with Gasteiger partial charge in [-0.3, -0.25) is 9.59 Å². The van der Waals surface area contributed by atoms with Crippen LogP contribution in [0.4, 0.5) is 0 Å². The highest BCUT2D eigenvalue weighted by Gasteiger charge is 2.14. The maximum Gasteiger partial charge on any atom is 0.251 e. The number of benzene rings is 2. The van der Waals surface area contributed by atoms with Gasteiger partial charge in [0.05, 0.1) is 6.54 Å². The molecule has 0 fully saturated rings. The second-order valence-corrected chi connectivity index (χ2v) is 7.46. The van der Waals surface area contributed by atoms with Gasteiger partial charge in [-0.1, -0.05) is 48.2 Å². The number of pyridine rings is 1. The van der Waals surface area contributed by atoms with Gasteiger partial charge in [0.15, 0.2) is 0 Å². The van der Waals surface area contributed by atoms with Crippen molar-refractivity contribution in [1.29, 1.82) is 0 Å². The Morgan fingerprint density at radius 1 is 0.966 bits per heavy atom. The molecule has 1 N–H and O–H groups in total. The van der Waals surface area contributed by atoms with Crippen LogP contribution < -0.4 is 5.32 Å². The second-order valence-electron chi connectivity index (χ2n) is 6.37. The summed E-state index contributed by atoms with van der Waals surface area (Å²) >= 11 is 1.53. The number of likely N-dealkylation sites (N-methyl/N-ethyl adjacent to an activating group) is 1. The Balaban J connectivity index is 1.52. The molecule has 6 heteroatoms. The molecule has 3 rings (SSSR count). The zero-order chi connectivity index (χ0) is 20.5. The quantitative estimate of drug-likeness (QED) is 0.615. The van der Waals surface area contributed by atoms with E-state index in [9.17, 15) is 9.59 Å². The van der Waals surface area contributed by atoms with Crippen molar-refractivity contribution < 1.29 is 9.59 Å². The van der Waals surface area contributed by atoms with Gasteiger partial charge in [0.25, 0.3) is 5.91 Å². The first-order valence-corrected chi connectivity index (χ1v) is 10.3. The van der Waals surface area contributed by atoms with Gasteiger partial charge in [0.1, 0.15) is 5.03 Å². The molecule has 1 aromatic heterocycles. The Bertz CT molecular complexity index is 931. The molecule has 0 atom stereocenters. The van der Waals surface area contributed by atoms with E-state index >= 15 is 0 Å². The fourth-order valence-corrected chi connectivity index (χ4v) is 3.53. The fourth-order valence-electron chi connectivity index (χ4n) is 2.75. The van der Waals surface area contributed by atoms with Crippen molar-refractivity contribution in [2.45, 2.75) is 23.4 Å². The number of hydrogen-bond acceptors (Lipinski definition) is 4. The van der Waals surface area contributed by atoms with Crippen LogP contribution in [-0.4, -0.2) is 34.8 Å². The van der Waals surface area contributed by atoms with Crippen LogP contribution in [0, 0.1) is 0 Å². The maximum atomic E-state index is 12.5. The van der Waals surface area contributed by atoms with Gasteiger partial charge in [0.2, 0.25) is 5.91 Å². The third-order valence-corrected chi connectivity index (χ3v) is 5.29. The molecule has 1 heterocycles. The number of amides is 2. The minimum Gasteiger partial charge on any atom is -0.343 e. The summed E-state index contributed by atoms with van der Waals surface area (Å²) in [5.74, 6) is -0.365. The molecular weight excluding hydrogens is 382 g/mol. The predicted octanol–water partition coefficient (Wildman–Crippen LogP) is 4.01. The lowest BCUT2D eigenvalue weighted by Gasteiger charge is -2.21. The molecule has 0 aliphatic heterocycles. The lowest BCUT2D eigenvalue weighted by molar-refractivity contribution is -0.130. The molecular formula is C23H23N3O2S. The molecule has 2 amide bonds. The monoisotopic (exact) mass is 405 g/mol. The minimum absolute atomic E-state index is 0.0239. The van der Waals surface area contributed by atoms with Crippen LogP contribution in [0.5, 0.6) is 0 Å². The molecule has 5 nitrogen and oxygen atoms in total. The van der Waals surface area contributed by atoms with Gasteiger partial charge in [-0.15, -0.1) is 0 Å². The van der Waals surface area contributed by atoms with Gasteiger partial charge in [-0.05, 0) is 48.9 Å². The number of nitrogens with zero attached hydrogens (tertiary/aromatic N) is 2. The summed E-state index contributed by atoms with van der Waals surface area (Å²) in [5.41, 5.74) is 1.59. The highest BCUT2D eigenvalue weighted by atomic mass is 32.2. The Hall–Kier alpha value is -3.12. The van der Waals surface area contributed by atoms with Crippen LogP contribution in [0.3, 0.4) is 0 Å². The predicted molar refractivity (Wildman–Crippen MR) is 115 cm³/mol. The zero-order valence-electron chi connectivity index (χ0n) is 16.2. The number of aromatic nitrogens is 1. The topological polar surface area (TPSA) is 62.3 Å². The smallest absolute Gasteiger partial charge is 0.251 e. The van der Waals surface area contributed by atoms with Crippen molar-refractivity contribution in [1.82, 2.24) is 15.2 Å². The molecule has 29 heavy (non-hydrogen) atoms. The first-order valence-electron chi connectivity index (χ1n) is 9.44. The van der Waals surface area contributed by atoms with Gasteiger partial charge >= 0.3 is 0 Å². The highest BCUT2D eigenvalue weighted by Crippen LogP contribution is 2.25. The Kier molecular flexibility index (Phi) is 7.41. The molecule has 0 radical (unpaired) electrons. The average Bonchev–Trinajstić information content (AvgIpc) is 2.77. The van der Waals surface area contributed by atoms with Crippen LogP contribution >= 0.6 is 11.8 Å². The minimum atomic E-state index is -0.261. The summed E-state index contributed by atoms with van der Waals surface area (Å²) < 4.78 is 0. The molecule has 2 aromatic carbocycles. The van der Waals surface area contributed by atoms with E-state index in [1.165, 1.54) is 11.8 Å². The summed E-state index contributed by atoms with van der Waals surface area (Å²) in [6, 6.07) is 22.8. The number of carbonyl (C=O) groups excluding carboxylic acids is 2. The van der Waals surface area contributed by atoms with Crippen molar-refractivity contribution in [2.75, 3.05) is 13.1 Å². The molecule has 0 aliphatic carbocycles. The van der Waals surface area contributed by atoms with Gasteiger partial charge in [0, 0.05) is 29.7 Å². The number of hydrogen-bond donors (Lipinski definition) is 1. The third-order valence-electron chi connectivity index (χ3n) is 4.33. The Morgan fingerprint density at radius 3 is 2.34 bits per heavy atom. The van der Waals surface area contributed by atoms with E-state index in [0.717, 1.165) is 15.5 Å². The lowest BCUT2D eigenvalue weighted by Crippen LogP contribution is -2.39. The normalized spacial score (nSPS) is 10.4. The molecule has 0 aliphatic rings. The summed E-state index contributed by atoms with van der Waals surface area (Å²) in [6.45, 7) is 3.03. The summed E-state index contributed by atoms with van der Waals surface area (Å²) in [6.07, 6.45) is 1.75. The van der Waals surface area contributed by atoms with Crippen LogP contribution in [-0.2, 0) is 11.3 Å². The average molecular weight is 406 g/mol. The van der Waals surface area contributed by atoms with Crippen LogP contribution in [0.1, 0.15) is 22.8 Å². The van der Waals surface area contributed by atoms with Crippen molar-refractivity contribution in [2.24, 2.45) is 0 Å². The third kappa shape index (κ3) is 6.19. The van der Waals surface area contributed by atoms with E-state index in [-0.39, 0.29) is 18.4 Å². The number of rotatable bonds is 8. The van der Waals surface area contributed by atoms with E-state index in [2.05, 4.69) is 10.3 Å². The first-order chi connectivity index (χ1) is 14.2. The molecule has 0 saturated heterocycles. The van der Waals surface area contributed by atoms with E-state index in [1.807, 2.05) is 67.6 Å². The van der Waals surface area contributed by atoms with Gasteiger partial charge in [-0.2, -0.15) is 0 Å². The van der Waals surface area contributed by atoms with Crippen molar-refractivity contribution in [3.8, 4) is 0 Å². The standard InChI is InChI=1S/C23H23N3O2S/c1-2-26(17-18-8-4-3-5-9-18)22(27)16-25-23(28)19-11-13-20(14-12-19)29-21-10-6-7-15-24-21/h3-15H,2,16-17H2,1H3,(H,25,28). The van der Waals surface area contributed by atoms with Crippen LogP contribution in [0.15, 0.2) is 88.9 Å². The number of carbonyl (C=O) groups is 2. The Morgan fingerprint density at radius 2 is 1.69 bits per heavy atom. The lowest BCUT2D eigenvalue weighted by atomic mass is 10.2. The van der Waals surface area contributed by atoms with Crippen molar-refractivity contribution >= 4 is 23.6 Å². The molecule has 3 aromatic rings. The first kappa shape index (κ1) is 20.6. The van der Waals surface area contributed by atoms with Gasteiger partial charge < -0.3 is 10.2 Å². The summed E-state index contributed by atoms with van der Waals surface area (Å²) in [7, 11) is 0. The second kappa shape index (κ2) is 10.4. The van der Waals surface area contributed by atoms with Gasteiger partial charge in [-0.25, -0.2) is 4.98 Å². The van der Waals surface area contributed by atoms with E-state index in [0.29, 0.717) is 18.7 Å². The van der Waals surface area contributed by atoms with Crippen LogP contribution in [0.2, 0.25) is 0 Å². The zero-order valence-corrected chi connectivity index (χ0v) is 17.1. The highest BCUT2D eigenvalue weighted by molar-refractivity contribution is 7.99.